The van der Waals surface area contributed by atoms with Crippen molar-refractivity contribution >= 4 is 51.5 Å². The van der Waals surface area contributed by atoms with Crippen LogP contribution in [-0.4, -0.2) is 44.2 Å². The predicted octanol–water partition coefficient (Wildman–Crippen LogP) is 3.70. The molecule has 1 aliphatic rings. The van der Waals surface area contributed by atoms with E-state index in [1.807, 2.05) is 24.4 Å². The highest BCUT2D eigenvalue weighted by Gasteiger charge is 2.35. The third kappa shape index (κ3) is 5.13. The molecule has 0 saturated heterocycles. The summed E-state index contributed by atoms with van der Waals surface area (Å²) in [6, 6.07) is 10.6. The Hall–Kier alpha value is -4.74. The largest absolute Gasteiger partial charge is 0.476 e. The molecule has 0 bridgehead atoms. The molecule has 1 aliphatic heterocycles. The monoisotopic (exact) mass is 504 g/mol. The molecule has 2 aromatic carbocycles. The van der Waals surface area contributed by atoms with Crippen LogP contribution in [0.15, 0.2) is 48.8 Å². The average Bonchev–Trinajstić information content (AvgIpc) is 3.27. The van der Waals surface area contributed by atoms with Crippen LogP contribution < -0.4 is 26.0 Å². The molecule has 0 spiro atoms. The van der Waals surface area contributed by atoms with E-state index in [0.29, 0.717) is 35.8 Å². The number of amides is 2. The molecule has 0 unspecified atom stereocenters. The van der Waals surface area contributed by atoms with Crippen molar-refractivity contribution in [3.63, 3.8) is 0 Å². The lowest BCUT2D eigenvalue weighted by Gasteiger charge is -2.31. The maximum absolute atomic E-state index is 14.5. The Morgan fingerprint density at radius 2 is 1.95 bits per heavy atom. The number of hydrogen-bond acceptors (Lipinski definition) is 8. The number of nitrogens with one attached hydrogen (secondary N) is 4. The Kier molecular flexibility index (Phi) is 6.07. The van der Waals surface area contributed by atoms with E-state index in [1.54, 1.807) is 43.8 Å². The van der Waals surface area contributed by atoms with Gasteiger partial charge in [0.2, 0.25) is 11.9 Å². The summed E-state index contributed by atoms with van der Waals surface area (Å²) in [7, 11) is 1.60. The number of anilines is 5. The molecule has 4 N–H and O–H groups in total. The van der Waals surface area contributed by atoms with Crippen molar-refractivity contribution in [1.29, 1.82) is 0 Å². The molecule has 0 saturated carbocycles. The van der Waals surface area contributed by atoms with Gasteiger partial charge in [-0.1, -0.05) is 0 Å². The van der Waals surface area contributed by atoms with Gasteiger partial charge in [0.05, 0.1) is 17.4 Å². The van der Waals surface area contributed by atoms with Crippen molar-refractivity contribution in [3.05, 3.63) is 54.6 Å². The van der Waals surface area contributed by atoms with Gasteiger partial charge < -0.3 is 26.0 Å². The molecular weight excluding hydrogens is 479 g/mol. The fraction of sp³-hybridized carbons (Fsp3) is 0.240. The number of carbonyl (C=O) groups is 2. The Bertz CT molecular complexity index is 1520. The molecule has 0 aliphatic carbocycles. The van der Waals surface area contributed by atoms with Gasteiger partial charge in [-0.2, -0.15) is 10.1 Å². The zero-order valence-electron chi connectivity index (χ0n) is 20.4. The number of benzene rings is 2. The molecule has 37 heavy (non-hydrogen) atoms. The minimum atomic E-state index is -0.978. The Morgan fingerprint density at radius 3 is 2.76 bits per heavy atom. The van der Waals surface area contributed by atoms with E-state index in [2.05, 4.69) is 36.3 Å². The number of halogens is 1. The van der Waals surface area contributed by atoms with Crippen molar-refractivity contribution < 1.29 is 18.7 Å². The summed E-state index contributed by atoms with van der Waals surface area (Å²) in [6.07, 6.45) is 3.25. The van der Waals surface area contributed by atoms with Crippen LogP contribution in [-0.2, 0) is 16.1 Å². The fourth-order valence-electron chi connectivity index (χ4n) is 3.78. The summed E-state index contributed by atoms with van der Waals surface area (Å²) in [4.78, 5) is 32.0. The molecule has 12 heteroatoms. The summed E-state index contributed by atoms with van der Waals surface area (Å²) >= 11 is 0. The van der Waals surface area contributed by atoms with Crippen LogP contribution in [0.5, 0.6) is 5.75 Å². The van der Waals surface area contributed by atoms with E-state index in [4.69, 9.17) is 4.74 Å². The van der Waals surface area contributed by atoms with Crippen LogP contribution in [0.3, 0.4) is 0 Å². The highest BCUT2D eigenvalue weighted by molar-refractivity contribution is 6.00. The number of ether oxygens (including phenoxy) is 1. The molecule has 0 fully saturated rings. The molecule has 4 aromatic rings. The van der Waals surface area contributed by atoms with Gasteiger partial charge in [0.1, 0.15) is 5.75 Å². The molecule has 3 heterocycles. The summed E-state index contributed by atoms with van der Waals surface area (Å²) in [6.45, 7) is 3.82. The molecular formula is C25H25FN8O3. The number of carbonyl (C=O) groups excluding carboxylic acids is 2. The minimum absolute atomic E-state index is 0.0380. The number of hydrogen-bond donors (Lipinski definition) is 4. The first kappa shape index (κ1) is 24.0. The van der Waals surface area contributed by atoms with E-state index in [9.17, 15) is 14.0 Å². The zero-order chi connectivity index (χ0) is 26.2. The summed E-state index contributed by atoms with van der Waals surface area (Å²) in [5, 5.41) is 16.7. The molecule has 0 atom stereocenters. The quantitative estimate of drug-likeness (QED) is 0.299. The first-order chi connectivity index (χ1) is 17.7. The highest BCUT2D eigenvalue weighted by atomic mass is 19.1. The van der Waals surface area contributed by atoms with Crippen LogP contribution in [0.1, 0.15) is 20.3 Å². The van der Waals surface area contributed by atoms with Gasteiger partial charge in [-0.05, 0) is 50.2 Å². The van der Waals surface area contributed by atoms with E-state index in [1.165, 1.54) is 0 Å². The van der Waals surface area contributed by atoms with E-state index < -0.39 is 11.4 Å². The first-order valence-corrected chi connectivity index (χ1v) is 11.6. The van der Waals surface area contributed by atoms with Gasteiger partial charge in [-0.15, -0.1) is 0 Å². The lowest BCUT2D eigenvalue weighted by Crippen LogP contribution is -2.45. The first-order valence-electron chi connectivity index (χ1n) is 11.6. The van der Waals surface area contributed by atoms with Crippen LogP contribution in [0.4, 0.5) is 33.2 Å². The van der Waals surface area contributed by atoms with E-state index in [0.717, 1.165) is 17.1 Å². The molecule has 190 valence electrons. The third-order valence-corrected chi connectivity index (χ3v) is 5.80. The smallest absolute Gasteiger partial charge is 0.268 e. The normalized spacial score (nSPS) is 13.9. The number of fused-ring (bicyclic) bond motifs is 2. The van der Waals surface area contributed by atoms with Gasteiger partial charge in [0.15, 0.2) is 17.2 Å². The lowest BCUT2D eigenvalue weighted by atomic mass is 10.1. The van der Waals surface area contributed by atoms with Crippen LogP contribution in [0.25, 0.3) is 10.9 Å². The number of aromatic nitrogens is 4. The van der Waals surface area contributed by atoms with Gasteiger partial charge in [-0.25, -0.2) is 9.37 Å². The van der Waals surface area contributed by atoms with Crippen LogP contribution >= 0.6 is 0 Å². The van der Waals surface area contributed by atoms with Crippen molar-refractivity contribution in [2.45, 2.75) is 32.4 Å². The topological polar surface area (TPSA) is 135 Å². The second-order valence-corrected chi connectivity index (χ2v) is 9.01. The second-order valence-electron chi connectivity index (χ2n) is 9.01. The number of rotatable bonds is 7. The highest BCUT2D eigenvalue weighted by Crippen LogP contribution is 2.36. The Labute approximate surface area is 211 Å². The van der Waals surface area contributed by atoms with Gasteiger partial charge in [-0.3, -0.25) is 14.3 Å². The maximum Gasteiger partial charge on any atom is 0.268 e. The molecule has 2 aromatic heterocycles. The average molecular weight is 505 g/mol. The Balaban J connectivity index is 1.32. The molecule has 5 rings (SSSR count). The lowest BCUT2D eigenvalue weighted by molar-refractivity contribution is -0.129. The van der Waals surface area contributed by atoms with Crippen LogP contribution in [0.2, 0.25) is 0 Å². The third-order valence-electron chi connectivity index (χ3n) is 5.80. The van der Waals surface area contributed by atoms with Crippen molar-refractivity contribution in [3.8, 4) is 5.75 Å². The standard InChI is InChI=1S/C25H25FN8O3/c1-25(2)23(36)31-19-11-16(5-7-20(19)37-25)29-22-17(26)12-28-24(32-22)30-15-4-6-18-14(10-15)13-34(33-18)9-8-21(35)27-3/h4-7,10-13H,8-9H2,1-3H3,(H,27,35)(H,31,36)(H2,28,29,30,32). The van der Waals surface area contributed by atoms with Crippen molar-refractivity contribution in [2.75, 3.05) is 23.0 Å². The van der Waals surface area contributed by atoms with Crippen molar-refractivity contribution in [1.82, 2.24) is 25.1 Å². The molecule has 11 nitrogen and oxygen atoms in total. The number of nitrogens with zero attached hydrogens (tertiary/aromatic N) is 4. The fourth-order valence-corrected chi connectivity index (χ4v) is 3.78. The van der Waals surface area contributed by atoms with Gasteiger partial charge in [0, 0.05) is 43.0 Å². The van der Waals surface area contributed by atoms with E-state index >= 15 is 0 Å². The predicted molar refractivity (Wildman–Crippen MR) is 137 cm³/mol. The Morgan fingerprint density at radius 1 is 1.16 bits per heavy atom. The second kappa shape index (κ2) is 9.37. The van der Waals surface area contributed by atoms with E-state index in [-0.39, 0.29) is 23.6 Å². The summed E-state index contributed by atoms with van der Waals surface area (Å²) < 4.78 is 22.0. The van der Waals surface area contributed by atoms with Gasteiger partial charge in [0.25, 0.3) is 5.91 Å². The van der Waals surface area contributed by atoms with Gasteiger partial charge >= 0.3 is 0 Å². The summed E-state index contributed by atoms with van der Waals surface area (Å²) in [5.41, 5.74) is 1.47. The molecule has 0 radical (unpaired) electrons. The minimum Gasteiger partial charge on any atom is -0.476 e. The maximum atomic E-state index is 14.5. The number of aryl methyl sites for hydroxylation is 1. The van der Waals surface area contributed by atoms with Crippen LogP contribution in [0, 0.1) is 5.82 Å². The summed E-state index contributed by atoms with van der Waals surface area (Å²) in [5.74, 6) is -0.302. The SMILES string of the molecule is CNC(=O)CCn1cc2cc(Nc3ncc(F)c(Nc4ccc5c(c4)NC(=O)C(C)(C)O5)n3)ccc2n1. The zero-order valence-corrected chi connectivity index (χ0v) is 20.4. The molecule has 2 amide bonds. The van der Waals surface area contributed by atoms with Crippen molar-refractivity contribution in [2.24, 2.45) is 0 Å².